The van der Waals surface area contributed by atoms with Crippen LogP contribution in [0.1, 0.15) is 29.9 Å². The predicted octanol–water partition coefficient (Wildman–Crippen LogP) is 3.45. The first kappa shape index (κ1) is 11.1. The van der Waals surface area contributed by atoms with Gasteiger partial charge in [-0.2, -0.15) is 0 Å². The fourth-order valence-electron chi connectivity index (χ4n) is 2.74. The maximum absolute atomic E-state index is 10.8. The summed E-state index contributed by atoms with van der Waals surface area (Å²) in [5, 5.41) is 8.89. The Balaban J connectivity index is 1.92. The monoisotopic (exact) mass is 242 g/mol. The highest BCUT2D eigenvalue weighted by Crippen LogP contribution is 2.37. The molecule has 1 unspecified atom stereocenters. The normalized spacial score (nSPS) is 17.7. The molecule has 0 radical (unpaired) electrons. The molecule has 3 rings (SSSR count). The molecule has 3 heteroatoms. The zero-order valence-electron chi connectivity index (χ0n) is 9.93. The number of aryl methyl sites for hydroxylation is 1. The van der Waals surface area contributed by atoms with Gasteiger partial charge in [0.05, 0.1) is 18.9 Å². The summed E-state index contributed by atoms with van der Waals surface area (Å²) >= 11 is 0. The van der Waals surface area contributed by atoms with Crippen molar-refractivity contribution in [3.63, 3.8) is 0 Å². The van der Waals surface area contributed by atoms with Gasteiger partial charge in [0.25, 0.3) is 0 Å². The first-order chi connectivity index (χ1) is 8.74. The van der Waals surface area contributed by atoms with Crippen molar-refractivity contribution >= 4 is 5.97 Å². The van der Waals surface area contributed by atoms with Gasteiger partial charge in [-0.25, -0.2) is 0 Å². The van der Waals surface area contributed by atoms with Crippen LogP contribution in [0.5, 0.6) is 0 Å². The van der Waals surface area contributed by atoms with Crippen molar-refractivity contribution in [1.29, 1.82) is 0 Å². The lowest BCUT2D eigenvalue weighted by molar-refractivity contribution is -0.137. The maximum atomic E-state index is 10.8. The SMILES string of the molecule is O=C(O)CC1CCc2cc(-c3ccoc3)ccc21. The van der Waals surface area contributed by atoms with E-state index in [0.717, 1.165) is 24.0 Å². The van der Waals surface area contributed by atoms with Gasteiger partial charge in [-0.3, -0.25) is 4.79 Å². The lowest BCUT2D eigenvalue weighted by Gasteiger charge is -2.09. The van der Waals surface area contributed by atoms with Crippen molar-refractivity contribution in [2.24, 2.45) is 0 Å². The number of carboxylic acid groups (broad SMARTS) is 1. The smallest absolute Gasteiger partial charge is 0.303 e. The largest absolute Gasteiger partial charge is 0.481 e. The molecule has 1 N–H and O–H groups in total. The fraction of sp³-hybridized carbons (Fsp3) is 0.267. The van der Waals surface area contributed by atoms with Gasteiger partial charge in [0.1, 0.15) is 0 Å². The highest BCUT2D eigenvalue weighted by atomic mass is 16.4. The molecule has 92 valence electrons. The van der Waals surface area contributed by atoms with Crippen molar-refractivity contribution in [2.75, 3.05) is 0 Å². The van der Waals surface area contributed by atoms with E-state index in [-0.39, 0.29) is 12.3 Å². The molecule has 1 aliphatic rings. The Hall–Kier alpha value is -2.03. The number of aliphatic carboxylic acids is 1. The molecular formula is C15H14O3. The van der Waals surface area contributed by atoms with Gasteiger partial charge >= 0.3 is 5.97 Å². The number of carbonyl (C=O) groups is 1. The van der Waals surface area contributed by atoms with E-state index in [1.165, 1.54) is 11.1 Å². The number of rotatable bonds is 3. The van der Waals surface area contributed by atoms with Gasteiger partial charge in [-0.1, -0.05) is 18.2 Å². The van der Waals surface area contributed by atoms with E-state index < -0.39 is 5.97 Å². The molecule has 18 heavy (non-hydrogen) atoms. The Morgan fingerprint density at radius 3 is 2.94 bits per heavy atom. The second kappa shape index (κ2) is 4.33. The summed E-state index contributed by atoms with van der Waals surface area (Å²) in [7, 11) is 0. The van der Waals surface area contributed by atoms with Gasteiger partial charge in [-0.15, -0.1) is 0 Å². The average molecular weight is 242 g/mol. The Morgan fingerprint density at radius 1 is 1.33 bits per heavy atom. The Bertz CT molecular complexity index is 569. The van der Waals surface area contributed by atoms with Crippen molar-refractivity contribution < 1.29 is 14.3 Å². The average Bonchev–Trinajstić information content (AvgIpc) is 2.97. The maximum Gasteiger partial charge on any atom is 0.303 e. The van der Waals surface area contributed by atoms with Crippen LogP contribution >= 0.6 is 0 Å². The molecule has 0 aliphatic heterocycles. The first-order valence-corrected chi connectivity index (χ1v) is 6.11. The van der Waals surface area contributed by atoms with Crippen molar-refractivity contribution in [1.82, 2.24) is 0 Å². The molecule has 0 amide bonds. The van der Waals surface area contributed by atoms with Crippen LogP contribution in [0.4, 0.5) is 0 Å². The van der Waals surface area contributed by atoms with Crippen LogP contribution in [-0.4, -0.2) is 11.1 Å². The number of furan rings is 1. The molecule has 1 aliphatic carbocycles. The molecule has 0 saturated heterocycles. The number of hydrogen-bond acceptors (Lipinski definition) is 2. The summed E-state index contributed by atoms with van der Waals surface area (Å²) in [6, 6.07) is 8.20. The third-order valence-corrected chi connectivity index (χ3v) is 3.62. The van der Waals surface area contributed by atoms with Crippen LogP contribution in [-0.2, 0) is 11.2 Å². The van der Waals surface area contributed by atoms with Crippen molar-refractivity contribution in [3.05, 3.63) is 47.9 Å². The summed E-state index contributed by atoms with van der Waals surface area (Å²) in [5.41, 5.74) is 4.68. The summed E-state index contributed by atoms with van der Waals surface area (Å²) in [6.45, 7) is 0. The molecule has 0 spiro atoms. The lowest BCUT2D eigenvalue weighted by atomic mass is 9.96. The van der Waals surface area contributed by atoms with Crippen molar-refractivity contribution in [2.45, 2.75) is 25.2 Å². The zero-order valence-corrected chi connectivity index (χ0v) is 9.93. The van der Waals surface area contributed by atoms with Gasteiger partial charge in [0.2, 0.25) is 0 Å². The molecule has 3 nitrogen and oxygen atoms in total. The van der Waals surface area contributed by atoms with Crippen LogP contribution < -0.4 is 0 Å². The second-order valence-electron chi connectivity index (χ2n) is 4.76. The number of hydrogen-bond donors (Lipinski definition) is 1. The summed E-state index contributed by atoms with van der Waals surface area (Å²) in [5.74, 6) is -0.539. The van der Waals surface area contributed by atoms with Gasteiger partial charge < -0.3 is 9.52 Å². The first-order valence-electron chi connectivity index (χ1n) is 6.11. The van der Waals surface area contributed by atoms with Gasteiger partial charge in [0, 0.05) is 5.56 Å². The van der Waals surface area contributed by atoms with E-state index in [1.807, 2.05) is 12.1 Å². The van der Waals surface area contributed by atoms with Crippen LogP contribution in [0.2, 0.25) is 0 Å². The summed E-state index contributed by atoms with van der Waals surface area (Å²) in [6.07, 6.45) is 5.54. The highest BCUT2D eigenvalue weighted by molar-refractivity contribution is 5.69. The molecule has 1 heterocycles. The van der Waals surface area contributed by atoms with E-state index in [4.69, 9.17) is 9.52 Å². The molecule has 0 saturated carbocycles. The molecule has 0 fully saturated rings. The summed E-state index contributed by atoms with van der Waals surface area (Å²) < 4.78 is 5.08. The lowest BCUT2D eigenvalue weighted by Crippen LogP contribution is -2.02. The van der Waals surface area contributed by atoms with Crippen LogP contribution in [0.3, 0.4) is 0 Å². The van der Waals surface area contributed by atoms with Crippen molar-refractivity contribution in [3.8, 4) is 11.1 Å². The quantitative estimate of drug-likeness (QED) is 0.896. The Kier molecular flexibility index (Phi) is 2.67. The number of benzene rings is 1. The Labute approximate surface area is 105 Å². The van der Waals surface area contributed by atoms with E-state index in [1.54, 1.807) is 12.5 Å². The van der Waals surface area contributed by atoms with Gasteiger partial charge in [0.15, 0.2) is 0 Å². The third kappa shape index (κ3) is 1.92. The topological polar surface area (TPSA) is 50.4 Å². The van der Waals surface area contributed by atoms with Gasteiger partial charge in [-0.05, 0) is 41.5 Å². The van der Waals surface area contributed by atoms with E-state index in [2.05, 4.69) is 12.1 Å². The molecule has 1 atom stereocenters. The molecule has 1 aromatic carbocycles. The van der Waals surface area contributed by atoms with E-state index >= 15 is 0 Å². The van der Waals surface area contributed by atoms with E-state index in [9.17, 15) is 4.79 Å². The van der Waals surface area contributed by atoms with E-state index in [0.29, 0.717) is 0 Å². The molecule has 2 aromatic rings. The standard InChI is InChI=1S/C15H14O3/c16-15(17)8-12-2-1-11-7-10(3-4-14(11)12)13-5-6-18-9-13/h3-7,9,12H,1-2,8H2,(H,16,17). The number of fused-ring (bicyclic) bond motifs is 1. The minimum Gasteiger partial charge on any atom is -0.481 e. The minimum atomic E-state index is -0.716. The highest BCUT2D eigenvalue weighted by Gasteiger charge is 2.24. The zero-order chi connectivity index (χ0) is 12.5. The van der Waals surface area contributed by atoms with Crippen LogP contribution in [0.15, 0.2) is 41.2 Å². The Morgan fingerprint density at radius 2 is 2.22 bits per heavy atom. The minimum absolute atomic E-state index is 0.177. The molecule has 0 bridgehead atoms. The third-order valence-electron chi connectivity index (χ3n) is 3.62. The number of carboxylic acids is 1. The predicted molar refractivity (Wildman–Crippen MR) is 67.5 cm³/mol. The van der Waals surface area contributed by atoms with Crippen LogP contribution in [0, 0.1) is 0 Å². The molecule has 1 aromatic heterocycles. The molecular weight excluding hydrogens is 228 g/mol. The fourth-order valence-corrected chi connectivity index (χ4v) is 2.74. The second-order valence-corrected chi connectivity index (χ2v) is 4.76. The van der Waals surface area contributed by atoms with Crippen LogP contribution in [0.25, 0.3) is 11.1 Å². The summed E-state index contributed by atoms with van der Waals surface area (Å²) in [4.78, 5) is 10.8.